The fourth-order valence-corrected chi connectivity index (χ4v) is 1.95. The first-order valence-corrected chi connectivity index (χ1v) is 5.80. The molecule has 0 aliphatic heterocycles. The highest BCUT2D eigenvalue weighted by Crippen LogP contribution is 2.24. The van der Waals surface area contributed by atoms with E-state index in [0.29, 0.717) is 13.0 Å². The molecular weight excluding hydrogens is 192 g/mol. The molecule has 1 aliphatic rings. The Morgan fingerprint density at radius 3 is 2.87 bits per heavy atom. The second kappa shape index (κ2) is 6.08. The van der Waals surface area contributed by atoms with Crippen molar-refractivity contribution < 1.29 is 9.90 Å². The van der Waals surface area contributed by atoms with Crippen LogP contribution >= 0.6 is 0 Å². The van der Waals surface area contributed by atoms with Crippen molar-refractivity contribution in [3.05, 3.63) is 0 Å². The Hall–Kier alpha value is -0.610. The number of rotatable bonds is 5. The third-order valence-corrected chi connectivity index (χ3v) is 3.01. The molecule has 3 unspecified atom stereocenters. The summed E-state index contributed by atoms with van der Waals surface area (Å²) in [6, 6.07) is 0.0767. The number of hydrogen-bond acceptors (Lipinski definition) is 3. The third kappa shape index (κ3) is 4.62. The number of hydrogen-bond donors (Lipinski definition) is 3. The molecule has 4 heteroatoms. The Morgan fingerprint density at radius 1 is 1.60 bits per heavy atom. The SMILES string of the molecule is CC(N)CCC(=O)NCC1CCCC1O. The Morgan fingerprint density at radius 2 is 2.33 bits per heavy atom. The number of aliphatic hydroxyl groups excluding tert-OH is 1. The lowest BCUT2D eigenvalue weighted by molar-refractivity contribution is -0.121. The quantitative estimate of drug-likeness (QED) is 0.619. The molecule has 1 rings (SSSR count). The maximum Gasteiger partial charge on any atom is 0.220 e. The van der Waals surface area contributed by atoms with Gasteiger partial charge in [0.25, 0.3) is 0 Å². The van der Waals surface area contributed by atoms with Gasteiger partial charge in [-0.25, -0.2) is 0 Å². The van der Waals surface area contributed by atoms with Crippen LogP contribution in [0.15, 0.2) is 0 Å². The average molecular weight is 214 g/mol. The van der Waals surface area contributed by atoms with Crippen LogP contribution in [0.1, 0.15) is 39.0 Å². The Balaban J connectivity index is 2.11. The van der Waals surface area contributed by atoms with Crippen LogP contribution in [0.2, 0.25) is 0 Å². The van der Waals surface area contributed by atoms with Gasteiger partial charge < -0.3 is 16.2 Å². The van der Waals surface area contributed by atoms with E-state index in [0.717, 1.165) is 25.7 Å². The van der Waals surface area contributed by atoms with Crippen molar-refractivity contribution in [1.29, 1.82) is 0 Å². The molecule has 0 spiro atoms. The molecular formula is C11H22N2O2. The number of aliphatic hydroxyl groups is 1. The van der Waals surface area contributed by atoms with E-state index in [1.165, 1.54) is 0 Å². The number of nitrogens with two attached hydrogens (primary N) is 1. The topological polar surface area (TPSA) is 75.4 Å². The first-order chi connectivity index (χ1) is 7.09. The van der Waals surface area contributed by atoms with Gasteiger partial charge in [-0.3, -0.25) is 4.79 Å². The Bertz CT molecular complexity index is 207. The Kier molecular flexibility index (Phi) is 5.05. The van der Waals surface area contributed by atoms with Crippen molar-refractivity contribution >= 4 is 5.91 Å². The highest BCUT2D eigenvalue weighted by atomic mass is 16.3. The molecule has 0 saturated heterocycles. The highest BCUT2D eigenvalue weighted by Gasteiger charge is 2.25. The minimum atomic E-state index is -0.223. The van der Waals surface area contributed by atoms with E-state index in [1.54, 1.807) is 0 Å². The molecule has 1 saturated carbocycles. The smallest absolute Gasteiger partial charge is 0.220 e. The summed E-state index contributed by atoms with van der Waals surface area (Å²) in [7, 11) is 0. The molecule has 1 aliphatic carbocycles. The number of nitrogens with one attached hydrogen (secondary N) is 1. The zero-order valence-electron chi connectivity index (χ0n) is 9.41. The number of carbonyl (C=O) groups is 1. The van der Waals surface area contributed by atoms with E-state index in [1.807, 2.05) is 6.92 Å². The maximum atomic E-state index is 11.4. The van der Waals surface area contributed by atoms with Gasteiger partial charge in [-0.1, -0.05) is 6.42 Å². The molecule has 4 nitrogen and oxygen atoms in total. The summed E-state index contributed by atoms with van der Waals surface area (Å²) < 4.78 is 0. The standard InChI is InChI=1S/C11H22N2O2/c1-8(12)5-6-11(15)13-7-9-3-2-4-10(9)14/h8-10,14H,2-7,12H2,1H3,(H,13,15). The first kappa shape index (κ1) is 12.5. The van der Waals surface area contributed by atoms with Gasteiger partial charge >= 0.3 is 0 Å². The molecule has 88 valence electrons. The zero-order chi connectivity index (χ0) is 11.3. The summed E-state index contributed by atoms with van der Waals surface area (Å²) in [5, 5.41) is 12.4. The summed E-state index contributed by atoms with van der Waals surface area (Å²) in [6.45, 7) is 2.51. The van der Waals surface area contributed by atoms with Crippen LogP contribution in [0.3, 0.4) is 0 Å². The number of amides is 1. The van der Waals surface area contributed by atoms with Crippen LogP contribution in [-0.2, 0) is 4.79 Å². The van der Waals surface area contributed by atoms with Crippen LogP contribution in [0.4, 0.5) is 0 Å². The van der Waals surface area contributed by atoms with Gasteiger partial charge in [0, 0.05) is 24.9 Å². The summed E-state index contributed by atoms with van der Waals surface area (Å²) >= 11 is 0. The van der Waals surface area contributed by atoms with Gasteiger partial charge in [0.05, 0.1) is 6.10 Å². The van der Waals surface area contributed by atoms with Crippen molar-refractivity contribution in [2.24, 2.45) is 11.7 Å². The fourth-order valence-electron chi connectivity index (χ4n) is 1.95. The maximum absolute atomic E-state index is 11.4. The molecule has 1 fully saturated rings. The van der Waals surface area contributed by atoms with Gasteiger partial charge in [0.15, 0.2) is 0 Å². The van der Waals surface area contributed by atoms with Crippen molar-refractivity contribution in [2.45, 2.75) is 51.2 Å². The summed E-state index contributed by atoms with van der Waals surface area (Å²) in [5.41, 5.74) is 5.56. The minimum absolute atomic E-state index is 0.0476. The summed E-state index contributed by atoms with van der Waals surface area (Å²) in [4.78, 5) is 11.4. The minimum Gasteiger partial charge on any atom is -0.393 e. The second-order valence-corrected chi connectivity index (χ2v) is 4.58. The normalized spacial score (nSPS) is 27.7. The van der Waals surface area contributed by atoms with Gasteiger partial charge in [-0.2, -0.15) is 0 Å². The van der Waals surface area contributed by atoms with E-state index in [-0.39, 0.29) is 24.0 Å². The summed E-state index contributed by atoms with van der Waals surface area (Å²) in [6.07, 6.45) is 3.95. The van der Waals surface area contributed by atoms with E-state index in [4.69, 9.17) is 5.73 Å². The molecule has 0 radical (unpaired) electrons. The first-order valence-electron chi connectivity index (χ1n) is 5.80. The van der Waals surface area contributed by atoms with Crippen molar-refractivity contribution in [3.63, 3.8) is 0 Å². The lowest BCUT2D eigenvalue weighted by Crippen LogP contribution is -2.33. The van der Waals surface area contributed by atoms with E-state index < -0.39 is 0 Å². The van der Waals surface area contributed by atoms with Gasteiger partial charge in [-0.05, 0) is 26.2 Å². The largest absolute Gasteiger partial charge is 0.393 e. The molecule has 1 amide bonds. The average Bonchev–Trinajstić information content (AvgIpc) is 2.58. The lowest BCUT2D eigenvalue weighted by Gasteiger charge is -2.15. The monoisotopic (exact) mass is 214 g/mol. The zero-order valence-corrected chi connectivity index (χ0v) is 9.41. The van der Waals surface area contributed by atoms with Gasteiger partial charge in [-0.15, -0.1) is 0 Å². The third-order valence-electron chi connectivity index (χ3n) is 3.01. The van der Waals surface area contributed by atoms with Crippen LogP contribution in [0, 0.1) is 5.92 Å². The van der Waals surface area contributed by atoms with Crippen LogP contribution in [0.5, 0.6) is 0 Å². The predicted octanol–water partition coefficient (Wildman–Crippen LogP) is 0.391. The van der Waals surface area contributed by atoms with Crippen LogP contribution < -0.4 is 11.1 Å². The van der Waals surface area contributed by atoms with E-state index in [9.17, 15) is 9.90 Å². The molecule has 0 aromatic heterocycles. The lowest BCUT2D eigenvalue weighted by atomic mass is 10.1. The summed E-state index contributed by atoms with van der Waals surface area (Å²) in [5.74, 6) is 0.302. The number of carbonyl (C=O) groups excluding carboxylic acids is 1. The molecule has 4 N–H and O–H groups in total. The second-order valence-electron chi connectivity index (χ2n) is 4.58. The van der Waals surface area contributed by atoms with E-state index in [2.05, 4.69) is 5.32 Å². The molecule has 0 aromatic rings. The van der Waals surface area contributed by atoms with Gasteiger partial charge in [0.1, 0.15) is 0 Å². The van der Waals surface area contributed by atoms with Crippen molar-refractivity contribution in [2.75, 3.05) is 6.54 Å². The van der Waals surface area contributed by atoms with Gasteiger partial charge in [0.2, 0.25) is 5.91 Å². The van der Waals surface area contributed by atoms with Crippen LogP contribution in [0.25, 0.3) is 0 Å². The molecule has 0 heterocycles. The van der Waals surface area contributed by atoms with E-state index >= 15 is 0 Å². The predicted molar refractivity (Wildman–Crippen MR) is 59.2 cm³/mol. The molecule has 15 heavy (non-hydrogen) atoms. The van der Waals surface area contributed by atoms with Crippen LogP contribution in [-0.4, -0.2) is 29.7 Å². The van der Waals surface area contributed by atoms with Crippen molar-refractivity contribution in [3.8, 4) is 0 Å². The highest BCUT2D eigenvalue weighted by molar-refractivity contribution is 5.75. The Labute approximate surface area is 91.2 Å². The molecule has 3 atom stereocenters. The fraction of sp³-hybridized carbons (Fsp3) is 0.909. The van der Waals surface area contributed by atoms with Crippen molar-refractivity contribution in [1.82, 2.24) is 5.32 Å². The molecule has 0 bridgehead atoms. The molecule has 0 aromatic carbocycles.